The molecule has 1 aromatic carbocycles. The van der Waals surface area contributed by atoms with Gasteiger partial charge in [-0.25, -0.2) is 9.37 Å². The molecule has 1 N–H and O–H groups in total. The maximum atomic E-state index is 12.8. The molecule has 1 heterocycles. The van der Waals surface area contributed by atoms with Crippen LogP contribution in [0.4, 0.5) is 9.52 Å². The van der Waals surface area contributed by atoms with E-state index in [0.717, 1.165) is 22.9 Å². The summed E-state index contributed by atoms with van der Waals surface area (Å²) in [6.45, 7) is 2.81. The Balaban J connectivity index is 2.05. The Morgan fingerprint density at radius 3 is 2.68 bits per heavy atom. The molecule has 0 bridgehead atoms. The van der Waals surface area contributed by atoms with Crippen molar-refractivity contribution >= 4 is 16.5 Å². The van der Waals surface area contributed by atoms with Gasteiger partial charge in [0.2, 0.25) is 0 Å². The van der Waals surface area contributed by atoms with E-state index in [9.17, 15) is 4.39 Å². The maximum absolute atomic E-state index is 12.8. The largest absolute Gasteiger partial charge is 0.347 e. The van der Waals surface area contributed by atoms with Crippen LogP contribution in [-0.2, 0) is 6.54 Å². The van der Waals surface area contributed by atoms with E-state index in [1.807, 2.05) is 14.1 Å². The van der Waals surface area contributed by atoms with E-state index in [1.165, 1.54) is 12.1 Å². The van der Waals surface area contributed by atoms with Crippen LogP contribution in [0.5, 0.6) is 0 Å². The van der Waals surface area contributed by atoms with Crippen molar-refractivity contribution in [1.82, 2.24) is 10.3 Å². The first kappa shape index (κ1) is 14.0. The van der Waals surface area contributed by atoms with Crippen molar-refractivity contribution in [2.75, 3.05) is 19.0 Å². The molecule has 2 aromatic rings. The number of halogens is 1. The van der Waals surface area contributed by atoms with Gasteiger partial charge in [0.15, 0.2) is 5.13 Å². The summed E-state index contributed by atoms with van der Waals surface area (Å²) in [7, 11) is 3.92. The Morgan fingerprint density at radius 2 is 2.05 bits per heavy atom. The van der Waals surface area contributed by atoms with Crippen molar-refractivity contribution in [3.8, 4) is 0 Å². The van der Waals surface area contributed by atoms with E-state index in [4.69, 9.17) is 0 Å². The number of aromatic nitrogens is 1. The first-order valence-corrected chi connectivity index (χ1v) is 7.06. The van der Waals surface area contributed by atoms with E-state index >= 15 is 0 Å². The zero-order valence-corrected chi connectivity index (χ0v) is 12.2. The van der Waals surface area contributed by atoms with Crippen LogP contribution in [0.3, 0.4) is 0 Å². The minimum absolute atomic E-state index is 0.203. The third kappa shape index (κ3) is 3.52. The standard InChI is InChI=1S/C14H18FN3S/c1-10(16-2)13-9-19-14(17-13)18(3)8-11-4-6-12(15)7-5-11/h4-7,9-10,16H,8H2,1-3H3. The van der Waals surface area contributed by atoms with Crippen LogP contribution in [0.15, 0.2) is 29.6 Å². The number of nitrogens with one attached hydrogen (secondary N) is 1. The summed E-state index contributed by atoms with van der Waals surface area (Å²) in [5.74, 6) is -0.203. The van der Waals surface area contributed by atoms with Gasteiger partial charge in [0.05, 0.1) is 5.69 Å². The first-order chi connectivity index (χ1) is 9.10. The first-order valence-electron chi connectivity index (χ1n) is 6.18. The van der Waals surface area contributed by atoms with Gasteiger partial charge in [-0.15, -0.1) is 11.3 Å². The third-order valence-corrected chi connectivity index (χ3v) is 4.02. The number of benzene rings is 1. The molecule has 5 heteroatoms. The average Bonchev–Trinajstić information content (AvgIpc) is 2.90. The lowest BCUT2D eigenvalue weighted by Gasteiger charge is -2.16. The number of thiazole rings is 1. The molecule has 0 spiro atoms. The molecule has 3 nitrogen and oxygen atoms in total. The SMILES string of the molecule is CNC(C)c1csc(N(C)Cc2ccc(F)cc2)n1. The van der Waals surface area contributed by atoms with Crippen LogP contribution < -0.4 is 10.2 Å². The van der Waals surface area contributed by atoms with Gasteiger partial charge in [-0.05, 0) is 31.7 Å². The lowest BCUT2D eigenvalue weighted by Crippen LogP contribution is -2.17. The summed E-state index contributed by atoms with van der Waals surface area (Å²) in [5, 5.41) is 6.21. The van der Waals surface area contributed by atoms with Gasteiger partial charge in [0, 0.05) is 25.0 Å². The molecule has 0 aliphatic carbocycles. The van der Waals surface area contributed by atoms with Gasteiger partial charge in [-0.2, -0.15) is 0 Å². The molecule has 0 fully saturated rings. The molecular weight excluding hydrogens is 261 g/mol. The van der Waals surface area contributed by atoms with Gasteiger partial charge in [0.25, 0.3) is 0 Å². The fraction of sp³-hybridized carbons (Fsp3) is 0.357. The number of rotatable bonds is 5. The predicted octanol–water partition coefficient (Wildman–Crippen LogP) is 3.20. The van der Waals surface area contributed by atoms with Crippen molar-refractivity contribution in [3.63, 3.8) is 0 Å². The highest BCUT2D eigenvalue weighted by molar-refractivity contribution is 7.13. The van der Waals surface area contributed by atoms with Crippen LogP contribution in [-0.4, -0.2) is 19.1 Å². The Labute approximate surface area is 117 Å². The number of nitrogens with zero attached hydrogens (tertiary/aromatic N) is 2. The monoisotopic (exact) mass is 279 g/mol. The quantitative estimate of drug-likeness (QED) is 0.911. The number of anilines is 1. The molecule has 1 aromatic heterocycles. The van der Waals surface area contributed by atoms with Crippen molar-refractivity contribution < 1.29 is 4.39 Å². The summed E-state index contributed by atoms with van der Waals surface area (Å²) in [5.41, 5.74) is 2.12. The maximum Gasteiger partial charge on any atom is 0.185 e. The van der Waals surface area contributed by atoms with Crippen molar-refractivity contribution in [2.45, 2.75) is 19.5 Å². The highest BCUT2D eigenvalue weighted by Crippen LogP contribution is 2.24. The predicted molar refractivity (Wildman–Crippen MR) is 78.1 cm³/mol. The minimum atomic E-state index is -0.203. The second kappa shape index (κ2) is 6.12. The summed E-state index contributed by atoms with van der Waals surface area (Å²) in [6.07, 6.45) is 0. The molecule has 19 heavy (non-hydrogen) atoms. The normalized spacial score (nSPS) is 12.4. The molecule has 1 atom stereocenters. The molecule has 0 saturated carbocycles. The summed E-state index contributed by atoms with van der Waals surface area (Å²) < 4.78 is 12.8. The molecule has 0 amide bonds. The molecular formula is C14H18FN3S. The van der Waals surface area contributed by atoms with Gasteiger partial charge < -0.3 is 10.2 Å². The van der Waals surface area contributed by atoms with E-state index < -0.39 is 0 Å². The van der Waals surface area contributed by atoms with E-state index in [0.29, 0.717) is 0 Å². The lowest BCUT2D eigenvalue weighted by atomic mass is 10.2. The van der Waals surface area contributed by atoms with E-state index in [2.05, 4.69) is 27.5 Å². The molecule has 0 radical (unpaired) electrons. The van der Waals surface area contributed by atoms with Gasteiger partial charge >= 0.3 is 0 Å². The van der Waals surface area contributed by atoms with Crippen LogP contribution >= 0.6 is 11.3 Å². The summed E-state index contributed by atoms with van der Waals surface area (Å²) >= 11 is 1.62. The molecule has 0 aliphatic heterocycles. The number of hydrogen-bond donors (Lipinski definition) is 1. The van der Waals surface area contributed by atoms with Gasteiger partial charge in [-0.3, -0.25) is 0 Å². The molecule has 0 saturated heterocycles. The lowest BCUT2D eigenvalue weighted by molar-refractivity contribution is 0.626. The van der Waals surface area contributed by atoms with Crippen LogP contribution in [0.25, 0.3) is 0 Å². The van der Waals surface area contributed by atoms with Crippen molar-refractivity contribution in [3.05, 3.63) is 46.7 Å². The Hall–Kier alpha value is -1.46. The van der Waals surface area contributed by atoms with Crippen LogP contribution in [0, 0.1) is 5.82 Å². The second-order valence-electron chi connectivity index (χ2n) is 4.55. The van der Waals surface area contributed by atoms with Gasteiger partial charge in [0.1, 0.15) is 5.82 Å². The van der Waals surface area contributed by atoms with Crippen molar-refractivity contribution in [2.24, 2.45) is 0 Å². The zero-order valence-electron chi connectivity index (χ0n) is 11.4. The summed E-state index contributed by atoms with van der Waals surface area (Å²) in [6, 6.07) is 6.83. The highest BCUT2D eigenvalue weighted by atomic mass is 32.1. The van der Waals surface area contributed by atoms with Gasteiger partial charge in [-0.1, -0.05) is 12.1 Å². The molecule has 2 rings (SSSR count). The number of hydrogen-bond acceptors (Lipinski definition) is 4. The van der Waals surface area contributed by atoms with Crippen LogP contribution in [0.1, 0.15) is 24.2 Å². The van der Waals surface area contributed by atoms with Crippen LogP contribution in [0.2, 0.25) is 0 Å². The minimum Gasteiger partial charge on any atom is -0.347 e. The Morgan fingerprint density at radius 1 is 1.37 bits per heavy atom. The fourth-order valence-corrected chi connectivity index (χ4v) is 2.62. The van der Waals surface area contributed by atoms with E-state index in [-0.39, 0.29) is 11.9 Å². The summed E-state index contributed by atoms with van der Waals surface area (Å²) in [4.78, 5) is 6.68. The molecule has 102 valence electrons. The Kier molecular flexibility index (Phi) is 4.50. The Bertz CT molecular complexity index is 524. The molecule has 0 aliphatic rings. The highest BCUT2D eigenvalue weighted by Gasteiger charge is 2.11. The smallest absolute Gasteiger partial charge is 0.185 e. The third-order valence-electron chi connectivity index (χ3n) is 3.05. The second-order valence-corrected chi connectivity index (χ2v) is 5.38. The topological polar surface area (TPSA) is 28.2 Å². The zero-order chi connectivity index (χ0) is 13.8. The van der Waals surface area contributed by atoms with E-state index in [1.54, 1.807) is 23.5 Å². The molecule has 1 unspecified atom stereocenters. The van der Waals surface area contributed by atoms with Crippen molar-refractivity contribution in [1.29, 1.82) is 0 Å². The average molecular weight is 279 g/mol. The fourth-order valence-electron chi connectivity index (χ4n) is 1.73.